The minimum atomic E-state index is -1.05. The number of aryl methyl sites for hydroxylation is 2. The van der Waals surface area contributed by atoms with Gasteiger partial charge in [-0.3, -0.25) is 0 Å². The first-order chi connectivity index (χ1) is 8.06. The first-order valence-corrected chi connectivity index (χ1v) is 5.84. The molecule has 0 bridgehead atoms. The summed E-state index contributed by atoms with van der Waals surface area (Å²) in [4.78, 5) is 18.9. The zero-order chi connectivity index (χ0) is 12.4. The highest BCUT2D eigenvalue weighted by molar-refractivity contribution is 7.14. The second-order valence-corrected chi connectivity index (χ2v) is 4.50. The number of carboxylic acids is 1. The molecule has 17 heavy (non-hydrogen) atoms. The van der Waals surface area contributed by atoms with Gasteiger partial charge >= 0.3 is 5.97 Å². The number of rotatable bonds is 3. The van der Waals surface area contributed by atoms with Gasteiger partial charge in [0.25, 0.3) is 0 Å². The van der Waals surface area contributed by atoms with Gasteiger partial charge in [0.15, 0.2) is 5.69 Å². The summed E-state index contributed by atoms with van der Waals surface area (Å²) in [5.41, 5.74) is 1.69. The number of carboxylic acid groups (broad SMARTS) is 1. The molecule has 88 valence electrons. The van der Waals surface area contributed by atoms with E-state index >= 15 is 0 Å². The second-order valence-electron chi connectivity index (χ2n) is 3.58. The molecule has 0 aliphatic heterocycles. The maximum Gasteiger partial charge on any atom is 0.354 e. The molecule has 0 amide bonds. The minimum Gasteiger partial charge on any atom is -0.477 e. The van der Waals surface area contributed by atoms with Gasteiger partial charge < -0.3 is 10.4 Å². The molecule has 2 N–H and O–H groups in total. The van der Waals surface area contributed by atoms with Crippen molar-refractivity contribution in [2.75, 3.05) is 5.32 Å². The molecule has 5 nitrogen and oxygen atoms in total. The van der Waals surface area contributed by atoms with Gasteiger partial charge in [-0.1, -0.05) is 0 Å². The highest BCUT2D eigenvalue weighted by Crippen LogP contribution is 2.24. The predicted octanol–water partition coefficient (Wildman–Crippen LogP) is 2.60. The van der Waals surface area contributed by atoms with E-state index < -0.39 is 5.97 Å². The maximum atomic E-state index is 10.9. The molecule has 2 heterocycles. The van der Waals surface area contributed by atoms with Gasteiger partial charge in [-0.05, 0) is 36.9 Å². The molecule has 0 aliphatic rings. The normalized spacial score (nSPS) is 10.2. The van der Waals surface area contributed by atoms with Gasteiger partial charge in [0.2, 0.25) is 5.95 Å². The van der Waals surface area contributed by atoms with Gasteiger partial charge in [0.1, 0.15) is 0 Å². The van der Waals surface area contributed by atoms with E-state index in [0.717, 1.165) is 10.6 Å². The van der Waals surface area contributed by atoms with E-state index in [0.29, 0.717) is 11.6 Å². The number of hydrogen-bond acceptors (Lipinski definition) is 5. The monoisotopic (exact) mass is 249 g/mol. The average Bonchev–Trinajstić information content (AvgIpc) is 2.63. The van der Waals surface area contributed by atoms with Crippen LogP contribution in [-0.4, -0.2) is 21.0 Å². The Hall–Kier alpha value is -1.95. The van der Waals surface area contributed by atoms with Crippen LogP contribution in [0.15, 0.2) is 17.5 Å². The van der Waals surface area contributed by atoms with Crippen LogP contribution < -0.4 is 5.32 Å². The average molecular weight is 249 g/mol. The third-order valence-corrected chi connectivity index (χ3v) is 3.09. The van der Waals surface area contributed by atoms with E-state index in [1.54, 1.807) is 6.92 Å². The molecule has 0 aromatic carbocycles. The number of hydrogen-bond donors (Lipinski definition) is 2. The Kier molecular flexibility index (Phi) is 3.06. The Morgan fingerprint density at radius 2 is 2.18 bits per heavy atom. The summed E-state index contributed by atoms with van der Waals surface area (Å²) in [6, 6.07) is 3.41. The van der Waals surface area contributed by atoms with Crippen LogP contribution in [0.3, 0.4) is 0 Å². The van der Waals surface area contributed by atoms with Gasteiger partial charge in [0.05, 0.1) is 5.00 Å². The predicted molar refractivity (Wildman–Crippen MR) is 66.1 cm³/mol. The maximum absolute atomic E-state index is 10.9. The van der Waals surface area contributed by atoms with Crippen molar-refractivity contribution < 1.29 is 9.90 Å². The van der Waals surface area contributed by atoms with Crippen molar-refractivity contribution in [1.82, 2.24) is 9.97 Å². The zero-order valence-electron chi connectivity index (χ0n) is 9.39. The number of anilines is 2. The van der Waals surface area contributed by atoms with Crippen LogP contribution in [0.5, 0.6) is 0 Å². The fourth-order valence-electron chi connectivity index (χ4n) is 1.34. The number of carbonyl (C=O) groups is 1. The first-order valence-electron chi connectivity index (χ1n) is 4.96. The molecular weight excluding hydrogens is 238 g/mol. The molecule has 0 saturated carbocycles. The van der Waals surface area contributed by atoms with Crippen molar-refractivity contribution in [3.63, 3.8) is 0 Å². The van der Waals surface area contributed by atoms with Crippen molar-refractivity contribution in [3.8, 4) is 0 Å². The van der Waals surface area contributed by atoms with Crippen LogP contribution in [0, 0.1) is 13.8 Å². The molecular formula is C11H11N3O2S. The van der Waals surface area contributed by atoms with E-state index in [2.05, 4.69) is 15.3 Å². The Morgan fingerprint density at radius 1 is 1.41 bits per heavy atom. The van der Waals surface area contributed by atoms with Gasteiger partial charge in [0, 0.05) is 5.69 Å². The lowest BCUT2D eigenvalue weighted by atomic mass is 10.3. The lowest BCUT2D eigenvalue weighted by Crippen LogP contribution is -2.06. The van der Waals surface area contributed by atoms with Crippen LogP contribution in [0.4, 0.5) is 10.9 Å². The molecule has 0 radical (unpaired) electrons. The largest absolute Gasteiger partial charge is 0.477 e. The molecule has 0 aliphatic carbocycles. The summed E-state index contributed by atoms with van der Waals surface area (Å²) in [5.74, 6) is -0.741. The minimum absolute atomic E-state index is 0.00536. The van der Waals surface area contributed by atoms with E-state index in [4.69, 9.17) is 5.11 Å². The van der Waals surface area contributed by atoms with E-state index in [9.17, 15) is 4.79 Å². The number of nitrogens with one attached hydrogen (secondary N) is 1. The number of aromatic carboxylic acids is 1. The Bertz CT molecular complexity index is 566. The summed E-state index contributed by atoms with van der Waals surface area (Å²) in [7, 11) is 0. The van der Waals surface area contributed by atoms with Crippen molar-refractivity contribution in [2.45, 2.75) is 13.8 Å². The molecule has 2 aromatic heterocycles. The van der Waals surface area contributed by atoms with Gasteiger partial charge in [-0.25, -0.2) is 14.8 Å². The molecule has 0 spiro atoms. The van der Waals surface area contributed by atoms with Crippen molar-refractivity contribution in [1.29, 1.82) is 0 Å². The number of thiophene rings is 1. The SMILES string of the molecule is Cc1cc(C(=O)O)nc(Nc2sccc2C)n1. The van der Waals surface area contributed by atoms with Crippen LogP contribution in [0.25, 0.3) is 0 Å². The van der Waals surface area contributed by atoms with Crippen LogP contribution in [-0.2, 0) is 0 Å². The molecule has 6 heteroatoms. The molecule has 0 atom stereocenters. The van der Waals surface area contributed by atoms with Crippen molar-refractivity contribution in [3.05, 3.63) is 34.5 Å². The number of aromatic nitrogens is 2. The topological polar surface area (TPSA) is 75.1 Å². The molecule has 0 fully saturated rings. The van der Waals surface area contributed by atoms with Crippen LogP contribution in [0.2, 0.25) is 0 Å². The standard InChI is InChI=1S/C11H11N3O2S/c1-6-3-4-17-9(6)14-11-12-7(2)5-8(13-11)10(15)16/h3-5H,1-2H3,(H,15,16)(H,12,13,14). The summed E-state index contributed by atoms with van der Waals surface area (Å²) >= 11 is 1.53. The number of nitrogens with zero attached hydrogens (tertiary/aromatic N) is 2. The lowest BCUT2D eigenvalue weighted by molar-refractivity contribution is 0.0690. The fourth-order valence-corrected chi connectivity index (χ4v) is 2.15. The third-order valence-electron chi connectivity index (χ3n) is 2.16. The van der Waals surface area contributed by atoms with E-state index in [1.807, 2.05) is 18.4 Å². The Balaban J connectivity index is 2.33. The lowest BCUT2D eigenvalue weighted by Gasteiger charge is -2.05. The molecule has 2 rings (SSSR count). The summed E-state index contributed by atoms with van der Waals surface area (Å²) in [5, 5.41) is 14.8. The quantitative estimate of drug-likeness (QED) is 0.874. The van der Waals surface area contributed by atoms with Crippen molar-refractivity contribution >= 4 is 28.3 Å². The van der Waals surface area contributed by atoms with E-state index in [-0.39, 0.29) is 5.69 Å². The highest BCUT2D eigenvalue weighted by atomic mass is 32.1. The van der Waals surface area contributed by atoms with Crippen LogP contribution in [0.1, 0.15) is 21.7 Å². The van der Waals surface area contributed by atoms with Crippen molar-refractivity contribution in [2.24, 2.45) is 0 Å². The third kappa shape index (κ3) is 2.59. The first kappa shape index (κ1) is 11.5. The summed E-state index contributed by atoms with van der Waals surface area (Å²) in [6.07, 6.45) is 0. The van der Waals surface area contributed by atoms with Gasteiger partial charge in [-0.2, -0.15) is 0 Å². The zero-order valence-corrected chi connectivity index (χ0v) is 10.2. The Morgan fingerprint density at radius 3 is 2.76 bits per heavy atom. The second kappa shape index (κ2) is 4.50. The molecule has 2 aromatic rings. The fraction of sp³-hybridized carbons (Fsp3) is 0.182. The summed E-state index contributed by atoms with van der Waals surface area (Å²) in [6.45, 7) is 3.70. The smallest absolute Gasteiger partial charge is 0.354 e. The van der Waals surface area contributed by atoms with Gasteiger partial charge in [-0.15, -0.1) is 11.3 Å². The highest BCUT2D eigenvalue weighted by Gasteiger charge is 2.09. The Labute approximate surface area is 102 Å². The molecule has 0 saturated heterocycles. The molecule has 0 unspecified atom stereocenters. The van der Waals surface area contributed by atoms with Crippen LogP contribution >= 0.6 is 11.3 Å². The summed E-state index contributed by atoms with van der Waals surface area (Å²) < 4.78 is 0. The van der Waals surface area contributed by atoms with E-state index in [1.165, 1.54) is 17.4 Å².